The van der Waals surface area contributed by atoms with Crippen LogP contribution >= 0.6 is 0 Å². The molecule has 1 fully saturated rings. The van der Waals surface area contributed by atoms with Gasteiger partial charge in [-0.2, -0.15) is 0 Å². The van der Waals surface area contributed by atoms with Crippen LogP contribution in [0.4, 0.5) is 0 Å². The highest BCUT2D eigenvalue weighted by atomic mass is 16.5. The molecule has 0 bridgehead atoms. The Morgan fingerprint density at radius 3 is 2.83 bits per heavy atom. The number of nitrogens with one attached hydrogen (secondary N) is 1. The Balaban J connectivity index is 2.10. The number of nitrogens with zero attached hydrogens (tertiary/aromatic N) is 2. The molecule has 108 valence electrons. The van der Waals surface area contributed by atoms with E-state index < -0.39 is 0 Å². The van der Waals surface area contributed by atoms with Gasteiger partial charge in [-0.25, -0.2) is 0 Å². The van der Waals surface area contributed by atoms with E-state index in [9.17, 15) is 0 Å². The lowest BCUT2D eigenvalue weighted by Gasteiger charge is -2.36. The lowest BCUT2D eigenvalue weighted by Crippen LogP contribution is -2.53. The molecule has 0 radical (unpaired) electrons. The Kier molecular flexibility index (Phi) is 7.82. The summed E-state index contributed by atoms with van der Waals surface area (Å²) in [4.78, 5) is 4.69. The fourth-order valence-corrected chi connectivity index (χ4v) is 2.25. The van der Waals surface area contributed by atoms with E-state index in [0.29, 0.717) is 6.04 Å². The van der Waals surface area contributed by atoms with Crippen molar-refractivity contribution in [2.75, 3.05) is 60.0 Å². The normalized spacial score (nSPS) is 23.5. The van der Waals surface area contributed by atoms with Gasteiger partial charge in [0.1, 0.15) is 0 Å². The molecule has 18 heavy (non-hydrogen) atoms. The highest BCUT2D eigenvalue weighted by molar-refractivity contribution is 4.81. The van der Waals surface area contributed by atoms with E-state index in [1.165, 1.54) is 13.0 Å². The second kappa shape index (κ2) is 8.86. The van der Waals surface area contributed by atoms with Crippen LogP contribution in [0.25, 0.3) is 0 Å². The summed E-state index contributed by atoms with van der Waals surface area (Å²) >= 11 is 0. The molecule has 1 N–H and O–H groups in total. The zero-order valence-corrected chi connectivity index (χ0v) is 12.6. The van der Waals surface area contributed by atoms with Gasteiger partial charge >= 0.3 is 0 Å². The Hall–Kier alpha value is -0.160. The van der Waals surface area contributed by atoms with Gasteiger partial charge in [-0.15, -0.1) is 0 Å². The number of likely N-dealkylation sites (N-methyl/N-ethyl adjacent to an activating group) is 1. The van der Waals surface area contributed by atoms with Gasteiger partial charge in [0.2, 0.25) is 0 Å². The Morgan fingerprint density at radius 2 is 2.17 bits per heavy atom. The second-order valence-electron chi connectivity index (χ2n) is 5.66. The van der Waals surface area contributed by atoms with Gasteiger partial charge in [0.05, 0.1) is 13.2 Å². The maximum Gasteiger partial charge on any atom is 0.0594 e. The summed E-state index contributed by atoms with van der Waals surface area (Å²) in [5.41, 5.74) is 0. The van der Waals surface area contributed by atoms with E-state index in [1.54, 1.807) is 0 Å². The third-order valence-corrected chi connectivity index (χ3v) is 3.85. The number of hydrogen-bond donors (Lipinski definition) is 1. The highest BCUT2D eigenvalue weighted by Crippen LogP contribution is 2.11. The molecule has 4 heteroatoms. The van der Waals surface area contributed by atoms with Gasteiger partial charge in [-0.05, 0) is 20.0 Å². The molecule has 1 heterocycles. The van der Waals surface area contributed by atoms with Crippen molar-refractivity contribution in [1.82, 2.24) is 15.1 Å². The molecule has 0 spiro atoms. The van der Waals surface area contributed by atoms with E-state index in [-0.39, 0.29) is 0 Å². The van der Waals surface area contributed by atoms with Crippen LogP contribution < -0.4 is 5.32 Å². The molecule has 1 rings (SSSR count). The minimum atomic E-state index is 0.658. The van der Waals surface area contributed by atoms with E-state index in [4.69, 9.17) is 4.74 Å². The number of ether oxygens (including phenoxy) is 1. The Labute approximate surface area is 113 Å². The van der Waals surface area contributed by atoms with Gasteiger partial charge in [-0.3, -0.25) is 4.90 Å². The first kappa shape index (κ1) is 15.9. The largest absolute Gasteiger partial charge is 0.379 e. The third kappa shape index (κ3) is 6.14. The molecule has 0 aromatic heterocycles. The maximum absolute atomic E-state index is 5.67. The zero-order chi connectivity index (χ0) is 13.4. The summed E-state index contributed by atoms with van der Waals surface area (Å²) in [6, 6.07) is 0.658. The monoisotopic (exact) mass is 257 g/mol. The van der Waals surface area contributed by atoms with Crippen molar-refractivity contribution in [3.05, 3.63) is 0 Å². The van der Waals surface area contributed by atoms with E-state index >= 15 is 0 Å². The SMILES string of the molecule is CCC(C)C1CN(CCOCCN(C)C)CCN1. The first-order valence-electron chi connectivity index (χ1n) is 7.31. The van der Waals surface area contributed by atoms with Crippen LogP contribution in [0.3, 0.4) is 0 Å². The molecule has 1 saturated heterocycles. The Bertz CT molecular complexity index is 211. The molecule has 1 aliphatic heterocycles. The molecule has 1 aliphatic rings. The van der Waals surface area contributed by atoms with Crippen molar-refractivity contribution >= 4 is 0 Å². The van der Waals surface area contributed by atoms with Crippen LogP contribution in [0.1, 0.15) is 20.3 Å². The summed E-state index contributed by atoms with van der Waals surface area (Å²) < 4.78 is 5.67. The third-order valence-electron chi connectivity index (χ3n) is 3.85. The molecule has 2 unspecified atom stereocenters. The number of piperazine rings is 1. The predicted molar refractivity (Wildman–Crippen MR) is 77.1 cm³/mol. The first-order valence-corrected chi connectivity index (χ1v) is 7.31. The van der Waals surface area contributed by atoms with Crippen LogP contribution in [-0.4, -0.2) is 75.9 Å². The molecule has 0 amide bonds. The zero-order valence-electron chi connectivity index (χ0n) is 12.6. The highest BCUT2D eigenvalue weighted by Gasteiger charge is 2.22. The molecule has 0 aromatic carbocycles. The molecule has 0 aliphatic carbocycles. The molecule has 0 saturated carbocycles. The molecule has 4 nitrogen and oxygen atoms in total. The van der Waals surface area contributed by atoms with E-state index in [2.05, 4.69) is 43.1 Å². The summed E-state index contributed by atoms with van der Waals surface area (Å²) in [7, 11) is 4.16. The van der Waals surface area contributed by atoms with Crippen LogP contribution in [0, 0.1) is 5.92 Å². The standard InChI is InChI=1S/C14H31N3O/c1-5-13(2)14-12-17(7-6-15-14)9-11-18-10-8-16(3)4/h13-15H,5-12H2,1-4H3. The van der Waals surface area contributed by atoms with Gasteiger partial charge in [0, 0.05) is 38.8 Å². The predicted octanol–water partition coefficient (Wildman–Crippen LogP) is 0.885. The average molecular weight is 257 g/mol. The van der Waals surface area contributed by atoms with Crippen molar-refractivity contribution in [3.63, 3.8) is 0 Å². The molecule has 2 atom stereocenters. The maximum atomic E-state index is 5.67. The minimum absolute atomic E-state index is 0.658. The second-order valence-corrected chi connectivity index (χ2v) is 5.66. The number of hydrogen-bond acceptors (Lipinski definition) is 4. The van der Waals surface area contributed by atoms with Crippen molar-refractivity contribution in [2.45, 2.75) is 26.3 Å². The topological polar surface area (TPSA) is 27.7 Å². The lowest BCUT2D eigenvalue weighted by molar-refractivity contribution is 0.0777. The smallest absolute Gasteiger partial charge is 0.0594 e. The fraction of sp³-hybridized carbons (Fsp3) is 1.00. The summed E-state index contributed by atoms with van der Waals surface area (Å²) in [5.74, 6) is 0.766. The summed E-state index contributed by atoms with van der Waals surface area (Å²) in [6.45, 7) is 11.8. The average Bonchev–Trinajstić information content (AvgIpc) is 2.37. The van der Waals surface area contributed by atoms with E-state index in [0.717, 1.165) is 45.3 Å². The summed E-state index contributed by atoms with van der Waals surface area (Å²) in [5, 5.41) is 3.63. The molecular weight excluding hydrogens is 226 g/mol. The first-order chi connectivity index (χ1) is 8.63. The molecule has 0 aromatic rings. The minimum Gasteiger partial charge on any atom is -0.379 e. The Morgan fingerprint density at radius 1 is 1.39 bits per heavy atom. The van der Waals surface area contributed by atoms with Gasteiger partial charge in [-0.1, -0.05) is 20.3 Å². The van der Waals surface area contributed by atoms with E-state index in [1.807, 2.05) is 0 Å². The van der Waals surface area contributed by atoms with Crippen LogP contribution in [0.2, 0.25) is 0 Å². The van der Waals surface area contributed by atoms with Crippen LogP contribution in [-0.2, 0) is 4.74 Å². The van der Waals surface area contributed by atoms with Crippen LogP contribution in [0.5, 0.6) is 0 Å². The van der Waals surface area contributed by atoms with Gasteiger partial charge in [0.25, 0.3) is 0 Å². The van der Waals surface area contributed by atoms with Crippen molar-refractivity contribution < 1.29 is 4.74 Å². The van der Waals surface area contributed by atoms with Gasteiger partial charge < -0.3 is 15.0 Å². The van der Waals surface area contributed by atoms with Crippen molar-refractivity contribution in [3.8, 4) is 0 Å². The fourth-order valence-electron chi connectivity index (χ4n) is 2.25. The lowest BCUT2D eigenvalue weighted by atomic mass is 9.97. The quantitative estimate of drug-likeness (QED) is 0.654. The van der Waals surface area contributed by atoms with Gasteiger partial charge in [0.15, 0.2) is 0 Å². The number of rotatable bonds is 8. The summed E-state index contributed by atoms with van der Waals surface area (Å²) in [6.07, 6.45) is 1.25. The van der Waals surface area contributed by atoms with Crippen LogP contribution in [0.15, 0.2) is 0 Å². The molecular formula is C14H31N3O. The van der Waals surface area contributed by atoms with Crippen molar-refractivity contribution in [1.29, 1.82) is 0 Å². The van der Waals surface area contributed by atoms with Crippen molar-refractivity contribution in [2.24, 2.45) is 5.92 Å².